The summed E-state index contributed by atoms with van der Waals surface area (Å²) in [4.78, 5) is 38.2. The molecule has 3 rings (SSSR count). The van der Waals surface area contributed by atoms with Gasteiger partial charge in [-0.2, -0.15) is 5.26 Å². The summed E-state index contributed by atoms with van der Waals surface area (Å²) in [6.45, 7) is 1.16. The van der Waals surface area contributed by atoms with Crippen LogP contribution in [-0.2, 0) is 15.1 Å². The van der Waals surface area contributed by atoms with Crippen molar-refractivity contribution in [3.05, 3.63) is 64.7 Å². The van der Waals surface area contributed by atoms with Crippen LogP contribution in [0.25, 0.3) is 0 Å². The Kier molecular flexibility index (Phi) is 4.84. The zero-order valence-electron chi connectivity index (χ0n) is 14.3. The van der Waals surface area contributed by atoms with E-state index in [2.05, 4.69) is 10.6 Å². The van der Waals surface area contributed by atoms with Crippen molar-refractivity contribution in [3.63, 3.8) is 0 Å². The summed E-state index contributed by atoms with van der Waals surface area (Å²) in [5, 5.41) is 14.5. The first-order valence-corrected chi connectivity index (χ1v) is 8.41. The third kappa shape index (κ3) is 3.61. The van der Waals surface area contributed by atoms with Gasteiger partial charge in [-0.05, 0) is 48.9 Å². The Balaban J connectivity index is 1.72. The normalized spacial score (nSPS) is 18.8. The smallest absolute Gasteiger partial charge is 0.325 e. The van der Waals surface area contributed by atoms with Crippen LogP contribution in [0.4, 0.5) is 10.5 Å². The number of carbonyl (C=O) groups excluding carboxylic acids is 3. The lowest BCUT2D eigenvalue weighted by atomic mass is 9.92. The third-order valence-electron chi connectivity index (χ3n) is 4.30. The van der Waals surface area contributed by atoms with Crippen LogP contribution >= 0.6 is 11.6 Å². The van der Waals surface area contributed by atoms with Crippen molar-refractivity contribution >= 4 is 35.1 Å². The van der Waals surface area contributed by atoms with E-state index < -0.39 is 29.9 Å². The second-order valence-corrected chi connectivity index (χ2v) is 6.63. The molecule has 1 aliphatic rings. The van der Waals surface area contributed by atoms with E-state index >= 15 is 0 Å². The molecule has 1 heterocycles. The maximum absolute atomic E-state index is 12.8. The first kappa shape index (κ1) is 18.4. The van der Waals surface area contributed by atoms with Crippen molar-refractivity contribution in [3.8, 4) is 6.07 Å². The summed E-state index contributed by atoms with van der Waals surface area (Å²) in [5.74, 6) is -1.05. The molecule has 1 fully saturated rings. The predicted molar refractivity (Wildman–Crippen MR) is 98.8 cm³/mol. The summed E-state index contributed by atoms with van der Waals surface area (Å²) < 4.78 is 0. The minimum absolute atomic E-state index is 0.423. The highest BCUT2D eigenvalue weighted by Crippen LogP contribution is 2.29. The lowest BCUT2D eigenvalue weighted by Gasteiger charge is -2.22. The zero-order chi connectivity index (χ0) is 19.6. The monoisotopic (exact) mass is 382 g/mol. The quantitative estimate of drug-likeness (QED) is 0.793. The van der Waals surface area contributed by atoms with E-state index in [0.29, 0.717) is 21.8 Å². The minimum Gasteiger partial charge on any atom is -0.325 e. The first-order valence-electron chi connectivity index (χ1n) is 8.03. The van der Waals surface area contributed by atoms with Crippen LogP contribution in [0.2, 0.25) is 5.02 Å². The molecule has 0 bridgehead atoms. The van der Waals surface area contributed by atoms with E-state index in [1.165, 1.54) is 0 Å². The molecule has 2 aromatic carbocycles. The van der Waals surface area contributed by atoms with E-state index in [0.717, 1.165) is 4.90 Å². The van der Waals surface area contributed by atoms with E-state index in [-0.39, 0.29) is 0 Å². The standard InChI is InChI=1S/C19H15ClN4O3/c1-19(13-4-6-14(20)7-5-13)17(26)24(18(27)23-19)11-16(25)22-15-8-2-12(10-21)3-9-15/h2-9H,11H2,1H3,(H,22,25)(H,23,27). The number of benzene rings is 2. The van der Waals surface area contributed by atoms with Crippen LogP contribution in [0.5, 0.6) is 0 Å². The third-order valence-corrected chi connectivity index (χ3v) is 4.55. The van der Waals surface area contributed by atoms with Crippen LogP contribution < -0.4 is 10.6 Å². The van der Waals surface area contributed by atoms with Gasteiger partial charge in [0.1, 0.15) is 12.1 Å². The predicted octanol–water partition coefficient (Wildman–Crippen LogP) is 2.62. The average Bonchev–Trinajstić information content (AvgIpc) is 2.87. The van der Waals surface area contributed by atoms with Crippen LogP contribution in [0.15, 0.2) is 48.5 Å². The van der Waals surface area contributed by atoms with Gasteiger partial charge < -0.3 is 10.6 Å². The molecule has 27 heavy (non-hydrogen) atoms. The van der Waals surface area contributed by atoms with E-state index in [4.69, 9.17) is 16.9 Å². The summed E-state index contributed by atoms with van der Waals surface area (Å²) >= 11 is 5.87. The molecule has 7 nitrogen and oxygen atoms in total. The maximum atomic E-state index is 12.8. The van der Waals surface area contributed by atoms with Gasteiger partial charge in [0.05, 0.1) is 11.6 Å². The number of amides is 4. The molecule has 0 radical (unpaired) electrons. The maximum Gasteiger partial charge on any atom is 0.325 e. The molecule has 8 heteroatoms. The SMILES string of the molecule is CC1(c2ccc(Cl)cc2)NC(=O)N(CC(=O)Nc2ccc(C#N)cc2)C1=O. The molecule has 2 N–H and O–H groups in total. The molecule has 2 aromatic rings. The van der Waals surface area contributed by atoms with Crippen molar-refractivity contribution in [2.45, 2.75) is 12.5 Å². The Morgan fingerprint density at radius 2 is 1.81 bits per heavy atom. The summed E-state index contributed by atoms with van der Waals surface area (Å²) in [7, 11) is 0. The van der Waals surface area contributed by atoms with Gasteiger partial charge in [-0.3, -0.25) is 14.5 Å². The van der Waals surface area contributed by atoms with Crippen molar-refractivity contribution in [2.75, 3.05) is 11.9 Å². The second kappa shape index (κ2) is 7.09. The molecule has 1 atom stereocenters. The minimum atomic E-state index is -1.27. The van der Waals surface area contributed by atoms with E-state index in [9.17, 15) is 14.4 Å². The Bertz CT molecular complexity index is 950. The van der Waals surface area contributed by atoms with Gasteiger partial charge in [0.2, 0.25) is 5.91 Å². The number of nitriles is 1. The fraction of sp³-hybridized carbons (Fsp3) is 0.158. The fourth-order valence-electron chi connectivity index (χ4n) is 2.79. The summed E-state index contributed by atoms with van der Waals surface area (Å²) in [6.07, 6.45) is 0. The zero-order valence-corrected chi connectivity index (χ0v) is 15.1. The number of hydrogen-bond donors (Lipinski definition) is 2. The topological polar surface area (TPSA) is 102 Å². The first-order chi connectivity index (χ1) is 12.8. The Hall–Kier alpha value is -3.37. The van der Waals surface area contributed by atoms with Crippen molar-refractivity contribution in [2.24, 2.45) is 0 Å². The lowest BCUT2D eigenvalue weighted by Crippen LogP contribution is -2.42. The molecule has 0 aromatic heterocycles. The number of nitrogens with zero attached hydrogens (tertiary/aromatic N) is 2. The molecule has 1 aliphatic heterocycles. The van der Waals surface area contributed by atoms with E-state index in [1.807, 2.05) is 6.07 Å². The number of rotatable bonds is 4. The molecule has 0 spiro atoms. The highest BCUT2D eigenvalue weighted by Gasteiger charge is 2.49. The van der Waals surface area contributed by atoms with Crippen LogP contribution in [0.1, 0.15) is 18.1 Å². The molecular formula is C19H15ClN4O3. The summed E-state index contributed by atoms with van der Waals surface area (Å²) in [5.41, 5.74) is 0.226. The number of anilines is 1. The number of urea groups is 1. The number of halogens is 1. The number of nitrogens with one attached hydrogen (secondary N) is 2. The Morgan fingerprint density at radius 1 is 1.19 bits per heavy atom. The van der Waals surface area contributed by atoms with Crippen LogP contribution in [-0.4, -0.2) is 29.3 Å². The summed E-state index contributed by atoms with van der Waals surface area (Å²) in [6, 6.07) is 14.1. The van der Waals surface area contributed by atoms with Crippen molar-refractivity contribution < 1.29 is 14.4 Å². The van der Waals surface area contributed by atoms with Gasteiger partial charge in [-0.15, -0.1) is 0 Å². The Morgan fingerprint density at radius 3 is 2.41 bits per heavy atom. The molecule has 1 saturated heterocycles. The van der Waals surface area contributed by atoms with Gasteiger partial charge in [-0.25, -0.2) is 4.79 Å². The number of imide groups is 1. The lowest BCUT2D eigenvalue weighted by molar-refractivity contribution is -0.133. The van der Waals surface area contributed by atoms with Crippen LogP contribution in [0.3, 0.4) is 0 Å². The molecule has 0 saturated carbocycles. The molecule has 4 amide bonds. The van der Waals surface area contributed by atoms with Crippen LogP contribution in [0, 0.1) is 11.3 Å². The second-order valence-electron chi connectivity index (χ2n) is 6.19. The van der Waals surface area contributed by atoms with E-state index in [1.54, 1.807) is 55.5 Å². The largest absolute Gasteiger partial charge is 0.325 e. The number of hydrogen-bond acceptors (Lipinski definition) is 4. The molecular weight excluding hydrogens is 368 g/mol. The highest BCUT2D eigenvalue weighted by molar-refractivity contribution is 6.30. The van der Waals surface area contributed by atoms with Crippen molar-refractivity contribution in [1.29, 1.82) is 5.26 Å². The fourth-order valence-corrected chi connectivity index (χ4v) is 2.92. The van der Waals surface area contributed by atoms with Crippen molar-refractivity contribution in [1.82, 2.24) is 10.2 Å². The Labute approximate surface area is 160 Å². The molecule has 136 valence electrons. The molecule has 1 unspecified atom stereocenters. The van der Waals surface area contributed by atoms with Gasteiger partial charge in [0.15, 0.2) is 0 Å². The van der Waals surface area contributed by atoms with Gasteiger partial charge in [0.25, 0.3) is 5.91 Å². The van der Waals surface area contributed by atoms with Gasteiger partial charge in [0, 0.05) is 10.7 Å². The highest BCUT2D eigenvalue weighted by atomic mass is 35.5. The van der Waals surface area contributed by atoms with Gasteiger partial charge in [-0.1, -0.05) is 23.7 Å². The molecule has 0 aliphatic carbocycles. The van der Waals surface area contributed by atoms with Gasteiger partial charge >= 0.3 is 6.03 Å². The average molecular weight is 383 g/mol. The number of carbonyl (C=O) groups is 3.